The van der Waals surface area contributed by atoms with Gasteiger partial charge in [-0.15, -0.1) is 0 Å². The Morgan fingerprint density at radius 3 is 2.67 bits per heavy atom. The molecule has 3 heteroatoms. The van der Waals surface area contributed by atoms with Crippen LogP contribution < -0.4 is 4.85 Å². The van der Waals surface area contributed by atoms with Gasteiger partial charge in [0.15, 0.2) is 0 Å². The van der Waals surface area contributed by atoms with Crippen molar-refractivity contribution in [1.82, 2.24) is 5.10 Å². The van der Waals surface area contributed by atoms with Gasteiger partial charge in [0.2, 0.25) is 5.69 Å². The highest BCUT2D eigenvalue weighted by molar-refractivity contribution is 5.08. The normalized spacial score (nSPS) is 9.56. The smallest absolute Gasteiger partial charge is 0.221 e. The van der Waals surface area contributed by atoms with E-state index in [9.17, 15) is 5.21 Å². The second kappa shape index (κ2) is 2.01. The first-order chi connectivity index (χ1) is 4.22. The third-order valence-electron chi connectivity index (χ3n) is 1.35. The summed E-state index contributed by atoms with van der Waals surface area (Å²) in [7, 11) is 0. The molecule has 1 aromatic heterocycles. The number of rotatable bonds is 0. The number of hydrogen-bond donors (Lipinski definition) is 0. The fourth-order valence-electron chi connectivity index (χ4n) is 0.564. The first-order valence-corrected chi connectivity index (χ1v) is 2.74. The molecular weight excluding hydrogens is 116 g/mol. The Kier molecular flexibility index (Phi) is 1.34. The van der Waals surface area contributed by atoms with E-state index >= 15 is 0 Å². The van der Waals surface area contributed by atoms with Gasteiger partial charge in [0.1, 0.15) is 0 Å². The molecule has 1 aromatic rings. The van der Waals surface area contributed by atoms with Gasteiger partial charge in [0, 0.05) is 17.6 Å². The third kappa shape index (κ3) is 0.988. The zero-order valence-corrected chi connectivity index (χ0v) is 5.46. The summed E-state index contributed by atoms with van der Waals surface area (Å²) in [6.45, 7) is 3.63. The predicted octanol–water partition coefficient (Wildman–Crippen LogP) is 0.332. The van der Waals surface area contributed by atoms with Crippen LogP contribution in [0.5, 0.6) is 0 Å². The van der Waals surface area contributed by atoms with E-state index in [-0.39, 0.29) is 0 Å². The Morgan fingerprint density at radius 2 is 2.22 bits per heavy atom. The minimum atomic E-state index is 0.620. The summed E-state index contributed by atoms with van der Waals surface area (Å²) in [5.41, 5.74) is 1.64. The molecule has 0 spiro atoms. The van der Waals surface area contributed by atoms with Crippen LogP contribution in [-0.2, 0) is 0 Å². The van der Waals surface area contributed by atoms with Crippen molar-refractivity contribution in [2.45, 2.75) is 13.8 Å². The maximum atomic E-state index is 10.6. The maximum Gasteiger partial charge on any atom is 0.221 e. The van der Waals surface area contributed by atoms with Crippen LogP contribution >= 0.6 is 0 Å². The van der Waals surface area contributed by atoms with Crippen molar-refractivity contribution in [2.24, 2.45) is 0 Å². The summed E-state index contributed by atoms with van der Waals surface area (Å²) in [6.07, 6.45) is 1.50. The van der Waals surface area contributed by atoms with E-state index < -0.39 is 0 Å². The van der Waals surface area contributed by atoms with Crippen LogP contribution in [0.3, 0.4) is 0 Å². The molecule has 9 heavy (non-hydrogen) atoms. The van der Waals surface area contributed by atoms with Gasteiger partial charge in [-0.25, -0.2) is 0 Å². The van der Waals surface area contributed by atoms with Gasteiger partial charge in [0.25, 0.3) is 0 Å². The van der Waals surface area contributed by atoms with Crippen molar-refractivity contribution in [3.05, 3.63) is 28.7 Å². The fraction of sp³-hybridized carbons (Fsp3) is 0.333. The van der Waals surface area contributed by atoms with Crippen molar-refractivity contribution < 1.29 is 4.85 Å². The summed E-state index contributed by atoms with van der Waals surface area (Å²) >= 11 is 0. The van der Waals surface area contributed by atoms with Gasteiger partial charge in [-0.05, 0) is 13.0 Å². The monoisotopic (exact) mass is 124 g/mol. The van der Waals surface area contributed by atoms with E-state index in [1.54, 1.807) is 6.92 Å². The van der Waals surface area contributed by atoms with Crippen molar-refractivity contribution in [3.8, 4) is 0 Å². The molecule has 1 heterocycles. The Balaban J connectivity index is 3.25. The second-order valence-electron chi connectivity index (χ2n) is 1.97. The first kappa shape index (κ1) is 6.01. The van der Waals surface area contributed by atoms with Crippen LogP contribution in [0.4, 0.5) is 0 Å². The highest BCUT2D eigenvalue weighted by atomic mass is 16.5. The van der Waals surface area contributed by atoms with Crippen LogP contribution in [0.1, 0.15) is 11.3 Å². The van der Waals surface area contributed by atoms with Crippen LogP contribution in [0.15, 0.2) is 12.3 Å². The molecule has 0 aliphatic rings. The standard InChI is InChI=1S/C6H8N2O/c1-5-3-4-7-8(9)6(5)2/h3-4H,1-2H3. The molecule has 0 aliphatic heterocycles. The molecule has 0 radical (unpaired) electrons. The maximum absolute atomic E-state index is 10.6. The molecule has 0 aliphatic carbocycles. The predicted molar refractivity (Wildman–Crippen MR) is 32.7 cm³/mol. The zero-order valence-electron chi connectivity index (χ0n) is 5.46. The Morgan fingerprint density at radius 1 is 1.56 bits per heavy atom. The molecule has 0 amide bonds. The second-order valence-corrected chi connectivity index (χ2v) is 1.97. The van der Waals surface area contributed by atoms with E-state index in [4.69, 9.17) is 0 Å². The third-order valence-corrected chi connectivity index (χ3v) is 1.35. The molecule has 0 fully saturated rings. The lowest BCUT2D eigenvalue weighted by Gasteiger charge is -1.96. The van der Waals surface area contributed by atoms with E-state index in [1.807, 2.05) is 13.0 Å². The molecule has 0 saturated heterocycles. The topological polar surface area (TPSA) is 39.8 Å². The number of hydrogen-bond acceptors (Lipinski definition) is 2. The van der Waals surface area contributed by atoms with Gasteiger partial charge in [-0.1, -0.05) is 4.85 Å². The van der Waals surface area contributed by atoms with Crippen LogP contribution in [0.25, 0.3) is 0 Å². The van der Waals surface area contributed by atoms with Crippen LogP contribution in [-0.4, -0.2) is 5.10 Å². The molecule has 0 bridgehead atoms. The van der Waals surface area contributed by atoms with Gasteiger partial charge < -0.3 is 5.21 Å². The van der Waals surface area contributed by atoms with Crippen molar-refractivity contribution in [1.29, 1.82) is 0 Å². The molecule has 0 N–H and O–H groups in total. The molecular formula is C6H8N2O. The highest BCUT2D eigenvalue weighted by Gasteiger charge is 2.00. The molecule has 1 rings (SSSR count). The largest absolute Gasteiger partial charge is 0.594 e. The Labute approximate surface area is 53.5 Å². The Hall–Kier alpha value is -1.12. The molecule has 0 saturated carbocycles. The van der Waals surface area contributed by atoms with Crippen molar-refractivity contribution in [3.63, 3.8) is 0 Å². The summed E-state index contributed by atoms with van der Waals surface area (Å²) in [4.78, 5) is 0.620. The summed E-state index contributed by atoms with van der Waals surface area (Å²) in [5.74, 6) is 0. The fourth-order valence-corrected chi connectivity index (χ4v) is 0.564. The summed E-state index contributed by atoms with van der Waals surface area (Å²) in [5, 5.41) is 14.1. The summed E-state index contributed by atoms with van der Waals surface area (Å²) < 4.78 is 0. The average molecular weight is 124 g/mol. The van der Waals surface area contributed by atoms with Crippen molar-refractivity contribution >= 4 is 0 Å². The lowest BCUT2D eigenvalue weighted by Crippen LogP contribution is -2.34. The molecule has 3 nitrogen and oxygen atoms in total. The highest BCUT2D eigenvalue weighted by Crippen LogP contribution is 1.94. The molecule has 0 atom stereocenters. The van der Waals surface area contributed by atoms with Crippen molar-refractivity contribution in [2.75, 3.05) is 0 Å². The van der Waals surface area contributed by atoms with Gasteiger partial charge in [-0.3, -0.25) is 0 Å². The Bertz CT molecular complexity index is 202. The van der Waals surface area contributed by atoms with E-state index in [1.165, 1.54) is 6.20 Å². The lowest BCUT2D eigenvalue weighted by molar-refractivity contribution is -0.675. The minimum absolute atomic E-state index is 0.620. The van der Waals surface area contributed by atoms with E-state index in [0.29, 0.717) is 10.5 Å². The lowest BCUT2D eigenvalue weighted by atomic mass is 10.3. The number of nitrogens with zero attached hydrogens (tertiary/aromatic N) is 2. The molecule has 0 aromatic carbocycles. The van der Waals surface area contributed by atoms with Gasteiger partial charge >= 0.3 is 0 Å². The van der Waals surface area contributed by atoms with Gasteiger partial charge in [-0.2, -0.15) is 0 Å². The quantitative estimate of drug-likeness (QED) is 0.369. The van der Waals surface area contributed by atoms with Gasteiger partial charge in [0.05, 0.1) is 6.20 Å². The number of aryl methyl sites for hydroxylation is 1. The van der Waals surface area contributed by atoms with Crippen LogP contribution in [0, 0.1) is 19.1 Å². The molecule has 0 unspecified atom stereocenters. The number of aromatic nitrogens is 2. The van der Waals surface area contributed by atoms with E-state index in [2.05, 4.69) is 5.10 Å². The average Bonchev–Trinajstić information content (AvgIpc) is 1.83. The summed E-state index contributed by atoms with van der Waals surface area (Å²) in [6, 6.07) is 1.81. The minimum Gasteiger partial charge on any atom is -0.594 e. The molecule has 48 valence electrons. The van der Waals surface area contributed by atoms with Crippen LogP contribution in [0.2, 0.25) is 0 Å². The SMILES string of the molecule is Cc1ccn[n+]([O-])c1C. The zero-order chi connectivity index (χ0) is 6.85. The first-order valence-electron chi connectivity index (χ1n) is 2.74. The van der Waals surface area contributed by atoms with E-state index in [0.717, 1.165) is 5.56 Å².